The Balaban J connectivity index is 0. The Bertz CT molecular complexity index is 259. The van der Waals surface area contributed by atoms with Crippen LogP contribution in [-0.2, 0) is 0 Å². The monoisotopic (exact) mass is 450 g/mol. The molecule has 0 nitrogen and oxygen atoms in total. The second-order valence-electron chi connectivity index (χ2n) is 8.34. The van der Waals surface area contributed by atoms with E-state index in [9.17, 15) is 0 Å². The predicted octanol–water partition coefficient (Wildman–Crippen LogP) is 9.90. The maximum atomic E-state index is 4.30. The van der Waals surface area contributed by atoms with Crippen LogP contribution in [0, 0.1) is 5.92 Å². The van der Waals surface area contributed by atoms with Crippen LogP contribution < -0.4 is 0 Å². The molecule has 0 N–H and O–H groups in total. The number of alkyl halides is 1. The van der Waals surface area contributed by atoms with Crippen LogP contribution in [0.4, 0.5) is 0 Å². The molecule has 0 rings (SSSR count). The van der Waals surface area contributed by atoms with Crippen LogP contribution >= 0.6 is 25.8 Å². The van der Waals surface area contributed by atoms with Gasteiger partial charge in [0.15, 0.2) is 0 Å². The van der Waals surface area contributed by atoms with E-state index >= 15 is 0 Å². The topological polar surface area (TPSA) is 0 Å². The van der Waals surface area contributed by atoms with E-state index in [1.54, 1.807) is 0 Å². The lowest BCUT2D eigenvalue weighted by atomic mass is 9.78. The van der Waals surface area contributed by atoms with E-state index in [0.717, 1.165) is 5.92 Å². The van der Waals surface area contributed by atoms with Gasteiger partial charge in [0, 0.05) is 4.32 Å². The minimum Gasteiger partial charge on any atom is -0.153 e. The van der Waals surface area contributed by atoms with Crippen molar-refractivity contribution in [2.24, 2.45) is 5.92 Å². The van der Waals surface area contributed by atoms with Gasteiger partial charge in [-0.05, 0) is 31.6 Å². The number of rotatable bonds is 19. The lowest BCUT2D eigenvalue weighted by molar-refractivity contribution is 0.282. The molecule has 0 heterocycles. The van der Waals surface area contributed by atoms with E-state index < -0.39 is 0 Å². The van der Waals surface area contributed by atoms with Gasteiger partial charge >= 0.3 is 0 Å². The average Bonchev–Trinajstić information content (AvgIpc) is 2.62. The highest BCUT2D eigenvalue weighted by atomic mass is 79.9. The zero-order valence-corrected chi connectivity index (χ0v) is 21.9. The number of hydrogen-bond donors (Lipinski definition) is 0. The van der Waals surface area contributed by atoms with Crippen LogP contribution in [0.5, 0.6) is 0 Å². The van der Waals surface area contributed by atoms with Gasteiger partial charge in [-0.15, -0.1) is 0 Å². The van der Waals surface area contributed by atoms with Gasteiger partial charge in [0.25, 0.3) is 0 Å². The van der Waals surface area contributed by atoms with Gasteiger partial charge in [-0.1, -0.05) is 134 Å². The first-order chi connectivity index (χ1) is 12.1. The van der Waals surface area contributed by atoms with Crippen LogP contribution in [0.15, 0.2) is 0 Å². The predicted molar refractivity (Wildman–Crippen MR) is 132 cm³/mol. The molecule has 2 atom stereocenters. The largest absolute Gasteiger partial charge is 0.153 e. The molecular formula is C24H52BrP. The Kier molecular flexibility index (Phi) is 23.1. The SMILES string of the molecule is CCCCCCCCCCC(CCCC)C(Br)(CCCC)CCCC.P. The van der Waals surface area contributed by atoms with Crippen molar-refractivity contribution in [2.75, 3.05) is 0 Å². The summed E-state index contributed by atoms with van der Waals surface area (Å²) in [6.45, 7) is 9.33. The van der Waals surface area contributed by atoms with Crippen molar-refractivity contribution >= 4 is 25.8 Å². The van der Waals surface area contributed by atoms with E-state index in [4.69, 9.17) is 0 Å². The van der Waals surface area contributed by atoms with E-state index in [2.05, 4.69) is 43.6 Å². The van der Waals surface area contributed by atoms with Crippen molar-refractivity contribution in [3.8, 4) is 0 Å². The molecule has 26 heavy (non-hydrogen) atoms. The second-order valence-corrected chi connectivity index (χ2v) is 9.92. The van der Waals surface area contributed by atoms with E-state index in [1.165, 1.54) is 116 Å². The molecule has 0 radical (unpaired) electrons. The zero-order chi connectivity index (χ0) is 18.8. The van der Waals surface area contributed by atoms with Crippen molar-refractivity contribution in [1.29, 1.82) is 0 Å². The quantitative estimate of drug-likeness (QED) is 0.104. The van der Waals surface area contributed by atoms with Crippen molar-refractivity contribution in [3.05, 3.63) is 0 Å². The lowest BCUT2D eigenvalue weighted by Gasteiger charge is -2.37. The summed E-state index contributed by atoms with van der Waals surface area (Å²) in [6.07, 6.45) is 25.4. The number of unbranched alkanes of at least 4 members (excludes halogenated alkanes) is 10. The van der Waals surface area contributed by atoms with E-state index in [-0.39, 0.29) is 9.90 Å². The first-order valence-electron chi connectivity index (χ1n) is 11.8. The molecule has 0 amide bonds. The fraction of sp³-hybridized carbons (Fsp3) is 1.00. The maximum Gasteiger partial charge on any atom is 0.0286 e. The minimum atomic E-state index is 0. The summed E-state index contributed by atoms with van der Waals surface area (Å²) in [5, 5.41) is 0. The number of halogens is 1. The molecule has 0 saturated carbocycles. The Morgan fingerprint density at radius 3 is 1.38 bits per heavy atom. The maximum absolute atomic E-state index is 4.30. The molecule has 0 aliphatic rings. The van der Waals surface area contributed by atoms with Crippen LogP contribution in [0.2, 0.25) is 0 Å². The van der Waals surface area contributed by atoms with Gasteiger partial charge in [-0.2, -0.15) is 9.90 Å². The van der Waals surface area contributed by atoms with Gasteiger partial charge in [0.2, 0.25) is 0 Å². The Morgan fingerprint density at radius 1 is 0.538 bits per heavy atom. The normalized spacial score (nSPS) is 12.8. The average molecular weight is 452 g/mol. The van der Waals surface area contributed by atoms with Crippen molar-refractivity contribution < 1.29 is 0 Å². The molecule has 0 fully saturated rings. The first-order valence-corrected chi connectivity index (χ1v) is 12.6. The van der Waals surface area contributed by atoms with Gasteiger partial charge in [0.05, 0.1) is 0 Å². The highest BCUT2D eigenvalue weighted by Gasteiger charge is 2.34. The third-order valence-corrected chi connectivity index (χ3v) is 7.38. The van der Waals surface area contributed by atoms with Crippen molar-refractivity contribution in [3.63, 3.8) is 0 Å². The van der Waals surface area contributed by atoms with Crippen LogP contribution in [0.25, 0.3) is 0 Å². The molecule has 0 aliphatic carbocycles. The molecule has 0 aromatic rings. The fourth-order valence-corrected chi connectivity index (χ4v) is 5.13. The fourth-order valence-electron chi connectivity index (χ4n) is 4.11. The minimum absolute atomic E-state index is 0. The summed E-state index contributed by atoms with van der Waals surface area (Å²) in [7, 11) is 0. The summed E-state index contributed by atoms with van der Waals surface area (Å²) in [5.74, 6) is 0.894. The molecule has 0 aliphatic heterocycles. The van der Waals surface area contributed by atoms with Gasteiger partial charge in [0.1, 0.15) is 0 Å². The van der Waals surface area contributed by atoms with Gasteiger partial charge in [-0.25, -0.2) is 0 Å². The molecule has 0 saturated heterocycles. The summed E-state index contributed by atoms with van der Waals surface area (Å²) in [6, 6.07) is 0. The Hall–Kier alpha value is 0.910. The molecule has 160 valence electrons. The molecule has 2 unspecified atom stereocenters. The van der Waals surface area contributed by atoms with Gasteiger partial charge < -0.3 is 0 Å². The van der Waals surface area contributed by atoms with E-state index in [0.29, 0.717) is 4.32 Å². The van der Waals surface area contributed by atoms with Crippen molar-refractivity contribution in [1.82, 2.24) is 0 Å². The van der Waals surface area contributed by atoms with Crippen LogP contribution in [0.3, 0.4) is 0 Å². The number of hydrogen-bond acceptors (Lipinski definition) is 0. The molecule has 0 aromatic carbocycles. The Morgan fingerprint density at radius 2 is 0.923 bits per heavy atom. The second kappa shape index (κ2) is 20.6. The first kappa shape index (κ1) is 29.1. The summed E-state index contributed by atoms with van der Waals surface area (Å²) < 4.78 is 0.426. The molecule has 0 spiro atoms. The van der Waals surface area contributed by atoms with Crippen LogP contribution in [-0.4, -0.2) is 4.32 Å². The summed E-state index contributed by atoms with van der Waals surface area (Å²) in [5.41, 5.74) is 0. The highest BCUT2D eigenvalue weighted by Crippen LogP contribution is 2.43. The van der Waals surface area contributed by atoms with Gasteiger partial charge in [-0.3, -0.25) is 0 Å². The lowest BCUT2D eigenvalue weighted by Crippen LogP contribution is -2.32. The van der Waals surface area contributed by atoms with Crippen molar-refractivity contribution in [2.45, 2.75) is 148 Å². The summed E-state index contributed by atoms with van der Waals surface area (Å²) in [4.78, 5) is 0. The Labute approximate surface area is 179 Å². The molecular weight excluding hydrogens is 399 g/mol. The molecule has 0 aromatic heterocycles. The third kappa shape index (κ3) is 14.9. The van der Waals surface area contributed by atoms with E-state index in [1.807, 2.05) is 0 Å². The summed E-state index contributed by atoms with van der Waals surface area (Å²) >= 11 is 4.30. The molecule has 0 bridgehead atoms. The highest BCUT2D eigenvalue weighted by molar-refractivity contribution is 9.10. The van der Waals surface area contributed by atoms with Crippen LogP contribution in [0.1, 0.15) is 143 Å². The third-order valence-electron chi connectivity index (χ3n) is 5.94. The molecule has 2 heteroatoms. The zero-order valence-electron chi connectivity index (χ0n) is 18.9. The smallest absolute Gasteiger partial charge is 0.0286 e. The standard InChI is InChI=1S/C24H49Br.H3P/c1-5-9-13-14-15-16-17-18-20-23(19-10-6-2)24(25,21-11-7-3)22-12-8-4;/h23H,5-22H2,1-4H3;1H3.